The normalized spacial score (nSPS) is 17.2. The molecule has 0 bridgehead atoms. The smallest absolute Gasteiger partial charge is 0.298 e. The van der Waals surface area contributed by atoms with Crippen LogP contribution in [-0.2, 0) is 4.79 Å². The second kappa shape index (κ2) is 14.4. The Hall–Kier alpha value is -3.79. The molecule has 2 saturated heterocycles. The van der Waals surface area contributed by atoms with Gasteiger partial charge >= 0.3 is 0 Å². The summed E-state index contributed by atoms with van der Waals surface area (Å²) in [4.78, 5) is 32.5. The Morgan fingerprint density at radius 3 is 2.21 bits per heavy atom. The van der Waals surface area contributed by atoms with Crippen molar-refractivity contribution in [1.82, 2.24) is 9.80 Å². The number of nitrogens with zero attached hydrogens (tertiary/aromatic N) is 3. The van der Waals surface area contributed by atoms with Gasteiger partial charge in [-0.25, -0.2) is 4.90 Å². The van der Waals surface area contributed by atoms with Gasteiger partial charge in [-0.1, -0.05) is 18.2 Å². The maximum absolute atomic E-state index is 13.2. The van der Waals surface area contributed by atoms with Crippen molar-refractivity contribution >= 4 is 34.7 Å². The number of imide groups is 1. The molecule has 0 aromatic heterocycles. The number of piperazine rings is 1. The average Bonchev–Trinajstić information content (AvgIpc) is 3.29. The molecule has 2 heterocycles. The van der Waals surface area contributed by atoms with Crippen molar-refractivity contribution in [3.63, 3.8) is 0 Å². The lowest BCUT2D eigenvalue weighted by Gasteiger charge is -2.32. The van der Waals surface area contributed by atoms with E-state index in [4.69, 9.17) is 14.2 Å². The number of unbranched alkanes of at least 4 members (excludes halogenated alkanes) is 2. The molecule has 0 spiro atoms. The summed E-state index contributed by atoms with van der Waals surface area (Å²) in [5.74, 6) is 2.43. The molecular formula is C33H37N3O5S. The highest BCUT2D eigenvalue weighted by atomic mass is 32.2. The van der Waals surface area contributed by atoms with Crippen LogP contribution in [0.1, 0.15) is 24.8 Å². The van der Waals surface area contributed by atoms with Gasteiger partial charge in [-0.2, -0.15) is 0 Å². The molecule has 0 saturated carbocycles. The largest absolute Gasteiger partial charge is 0.497 e. The van der Waals surface area contributed by atoms with Crippen molar-refractivity contribution < 1.29 is 23.8 Å². The number of carbonyl (C=O) groups excluding carboxylic acids is 2. The molecule has 5 rings (SSSR count). The summed E-state index contributed by atoms with van der Waals surface area (Å²) in [6.45, 7) is 6.33. The van der Waals surface area contributed by atoms with Crippen LogP contribution in [0.5, 0.6) is 23.0 Å². The molecule has 2 aliphatic rings. The maximum Gasteiger partial charge on any atom is 0.298 e. The first-order valence-electron chi connectivity index (χ1n) is 14.3. The Labute approximate surface area is 251 Å². The molecule has 3 aromatic carbocycles. The third kappa shape index (κ3) is 7.94. The lowest BCUT2D eigenvalue weighted by Crippen LogP contribution is -2.44. The van der Waals surface area contributed by atoms with Crippen molar-refractivity contribution in [3.05, 3.63) is 83.3 Å². The summed E-state index contributed by atoms with van der Waals surface area (Å²) in [5.41, 5.74) is 1.31. The molecule has 9 heteroatoms. The zero-order valence-electron chi connectivity index (χ0n) is 24.2. The number of hydrogen-bond acceptors (Lipinski definition) is 8. The van der Waals surface area contributed by atoms with Gasteiger partial charge in [0, 0.05) is 32.2 Å². The van der Waals surface area contributed by atoms with Crippen LogP contribution in [0.2, 0.25) is 0 Å². The van der Waals surface area contributed by atoms with Crippen molar-refractivity contribution in [1.29, 1.82) is 0 Å². The monoisotopic (exact) mass is 587 g/mol. The minimum absolute atomic E-state index is 0.327. The van der Waals surface area contributed by atoms with Gasteiger partial charge in [-0.3, -0.25) is 9.59 Å². The van der Waals surface area contributed by atoms with Gasteiger partial charge in [0.25, 0.3) is 11.1 Å². The van der Waals surface area contributed by atoms with E-state index in [9.17, 15) is 9.59 Å². The molecule has 220 valence electrons. The maximum atomic E-state index is 13.2. The Morgan fingerprint density at radius 1 is 0.810 bits per heavy atom. The molecule has 0 aliphatic carbocycles. The number of thioether (sulfide) groups is 1. The summed E-state index contributed by atoms with van der Waals surface area (Å²) < 4.78 is 17.0. The number of anilines is 1. The number of ether oxygens (including phenoxy) is 3. The molecule has 0 radical (unpaired) electrons. The molecule has 8 nitrogen and oxygen atoms in total. The van der Waals surface area contributed by atoms with Gasteiger partial charge in [0.1, 0.15) is 23.0 Å². The van der Waals surface area contributed by atoms with Crippen LogP contribution in [0, 0.1) is 0 Å². The number of rotatable bonds is 12. The van der Waals surface area contributed by atoms with E-state index in [1.807, 2.05) is 60.7 Å². The minimum Gasteiger partial charge on any atom is -0.497 e. The van der Waals surface area contributed by atoms with Crippen molar-refractivity contribution in [2.75, 3.05) is 58.4 Å². The van der Waals surface area contributed by atoms with Crippen LogP contribution in [0.4, 0.5) is 10.5 Å². The Balaban J connectivity index is 1.11. The number of hydrogen-bond donors (Lipinski definition) is 0. The van der Waals surface area contributed by atoms with E-state index < -0.39 is 0 Å². The highest BCUT2D eigenvalue weighted by molar-refractivity contribution is 8.19. The van der Waals surface area contributed by atoms with Crippen molar-refractivity contribution in [3.8, 4) is 23.0 Å². The van der Waals surface area contributed by atoms with E-state index in [2.05, 4.69) is 16.8 Å². The third-order valence-electron chi connectivity index (χ3n) is 7.33. The van der Waals surface area contributed by atoms with Crippen LogP contribution in [0.15, 0.2) is 77.7 Å². The average molecular weight is 588 g/mol. The molecule has 0 N–H and O–H groups in total. The predicted octanol–water partition coefficient (Wildman–Crippen LogP) is 6.52. The van der Waals surface area contributed by atoms with Crippen LogP contribution >= 0.6 is 11.8 Å². The number of benzene rings is 3. The van der Waals surface area contributed by atoms with Gasteiger partial charge in [-0.15, -0.1) is 0 Å². The zero-order chi connectivity index (χ0) is 29.3. The predicted molar refractivity (Wildman–Crippen MR) is 168 cm³/mol. The van der Waals surface area contributed by atoms with Crippen molar-refractivity contribution in [2.45, 2.75) is 19.3 Å². The van der Waals surface area contributed by atoms with Gasteiger partial charge in [0.15, 0.2) is 0 Å². The quantitative estimate of drug-likeness (QED) is 0.175. The SMILES string of the molecule is COc1ccc(Oc2ccc(C=C3SC(=O)N(c4cccc(OCCCCCN5CCN(C)CC5)c4)C3=O)cc2)cc1. The third-order valence-corrected chi connectivity index (χ3v) is 8.20. The summed E-state index contributed by atoms with van der Waals surface area (Å²) >= 11 is 0.934. The number of amides is 2. The molecule has 2 fully saturated rings. The number of likely N-dealkylation sites (N-methyl/N-ethyl adjacent to an activating group) is 1. The molecule has 42 heavy (non-hydrogen) atoms. The van der Waals surface area contributed by atoms with E-state index in [0.717, 1.165) is 75.1 Å². The highest BCUT2D eigenvalue weighted by Crippen LogP contribution is 2.37. The van der Waals surface area contributed by atoms with Crippen LogP contribution in [-0.4, -0.2) is 74.4 Å². The standard InChI is InChI=1S/C33H37N3O5S/c1-34-18-20-35(21-19-34)17-4-3-5-22-40-30-8-6-7-26(24-30)36-32(37)31(42-33(36)38)23-25-9-11-28(12-10-25)41-29-15-13-27(39-2)14-16-29/h6-16,23-24H,3-5,17-22H2,1-2H3. The van der Waals surface area contributed by atoms with Gasteiger partial charge < -0.3 is 24.0 Å². The van der Waals surface area contributed by atoms with E-state index in [0.29, 0.717) is 34.4 Å². The summed E-state index contributed by atoms with van der Waals surface area (Å²) in [5, 5.41) is -0.327. The number of carbonyl (C=O) groups is 2. The second-order valence-corrected chi connectivity index (χ2v) is 11.4. The highest BCUT2D eigenvalue weighted by Gasteiger charge is 2.36. The first-order chi connectivity index (χ1) is 20.5. The molecule has 2 aliphatic heterocycles. The Kier molecular flexibility index (Phi) is 10.2. The molecule has 3 aromatic rings. The second-order valence-electron chi connectivity index (χ2n) is 10.4. The molecule has 2 amide bonds. The van der Waals surface area contributed by atoms with Gasteiger partial charge in [0.2, 0.25) is 0 Å². The first-order valence-corrected chi connectivity index (χ1v) is 15.1. The summed E-state index contributed by atoms with van der Waals surface area (Å²) in [6.07, 6.45) is 4.96. The molecular weight excluding hydrogens is 550 g/mol. The van der Waals surface area contributed by atoms with Crippen molar-refractivity contribution in [2.24, 2.45) is 0 Å². The fraction of sp³-hybridized carbons (Fsp3) is 0.333. The fourth-order valence-electron chi connectivity index (χ4n) is 4.84. The van der Waals surface area contributed by atoms with Crippen LogP contribution < -0.4 is 19.1 Å². The van der Waals surface area contributed by atoms with E-state index in [1.165, 1.54) is 4.90 Å². The van der Waals surface area contributed by atoms with Gasteiger partial charge in [0.05, 0.1) is 24.3 Å². The first kappa shape index (κ1) is 29.7. The fourth-order valence-corrected chi connectivity index (χ4v) is 5.68. The van der Waals surface area contributed by atoms with Crippen LogP contribution in [0.3, 0.4) is 0 Å². The lowest BCUT2D eigenvalue weighted by atomic mass is 10.2. The number of methoxy groups -OCH3 is 1. The summed E-state index contributed by atoms with van der Waals surface area (Å²) in [6, 6.07) is 21.9. The summed E-state index contributed by atoms with van der Waals surface area (Å²) in [7, 11) is 3.80. The molecule has 0 atom stereocenters. The topological polar surface area (TPSA) is 71.6 Å². The van der Waals surface area contributed by atoms with E-state index in [1.54, 1.807) is 25.3 Å². The Bertz CT molecular complexity index is 1390. The zero-order valence-corrected chi connectivity index (χ0v) is 25.0. The Morgan fingerprint density at radius 2 is 1.50 bits per heavy atom. The van der Waals surface area contributed by atoms with E-state index in [-0.39, 0.29) is 11.1 Å². The minimum atomic E-state index is -0.343. The van der Waals surface area contributed by atoms with Crippen LogP contribution in [0.25, 0.3) is 6.08 Å². The van der Waals surface area contributed by atoms with Gasteiger partial charge in [-0.05, 0) is 105 Å². The van der Waals surface area contributed by atoms with E-state index >= 15 is 0 Å². The lowest BCUT2D eigenvalue weighted by molar-refractivity contribution is -0.113. The molecule has 0 unspecified atom stereocenters.